The van der Waals surface area contributed by atoms with Gasteiger partial charge in [0, 0.05) is 17.3 Å². The zero-order chi connectivity index (χ0) is 17.5. The van der Waals surface area contributed by atoms with E-state index in [4.69, 9.17) is 14.9 Å². The zero-order valence-electron chi connectivity index (χ0n) is 13.9. The second-order valence-corrected chi connectivity index (χ2v) is 6.70. The largest absolute Gasteiger partial charge is 0.394 e. The SMILES string of the molecule is CC(C)(C)c1cn2c(=O)c3ncn(COC(CO)CO)c3nc2[nH]1. The first-order valence-electron chi connectivity index (χ1n) is 7.65. The van der Waals surface area contributed by atoms with Gasteiger partial charge in [0.05, 0.1) is 19.5 Å². The van der Waals surface area contributed by atoms with Gasteiger partial charge in [-0.15, -0.1) is 0 Å². The molecule has 3 aromatic heterocycles. The highest BCUT2D eigenvalue weighted by molar-refractivity contribution is 5.71. The predicted molar refractivity (Wildman–Crippen MR) is 86.8 cm³/mol. The summed E-state index contributed by atoms with van der Waals surface area (Å²) in [7, 11) is 0. The van der Waals surface area contributed by atoms with Crippen molar-refractivity contribution in [1.29, 1.82) is 0 Å². The van der Waals surface area contributed by atoms with E-state index in [1.165, 1.54) is 10.7 Å². The van der Waals surface area contributed by atoms with Crippen molar-refractivity contribution in [3.8, 4) is 0 Å². The number of aromatic amines is 1. The second kappa shape index (κ2) is 6.00. The van der Waals surface area contributed by atoms with E-state index in [2.05, 4.69) is 15.0 Å². The molecule has 3 rings (SSSR count). The third-order valence-electron chi connectivity index (χ3n) is 3.84. The topological polar surface area (TPSA) is 118 Å². The molecule has 0 atom stereocenters. The number of nitrogens with one attached hydrogen (secondary N) is 1. The van der Waals surface area contributed by atoms with E-state index >= 15 is 0 Å². The van der Waals surface area contributed by atoms with Gasteiger partial charge >= 0.3 is 0 Å². The summed E-state index contributed by atoms with van der Waals surface area (Å²) in [6.45, 7) is 5.55. The number of nitrogens with zero attached hydrogens (tertiary/aromatic N) is 4. The predicted octanol–water partition coefficient (Wildman–Crippen LogP) is -0.00290. The number of H-pyrrole nitrogens is 1. The summed E-state index contributed by atoms with van der Waals surface area (Å²) in [4.78, 5) is 24.3. The van der Waals surface area contributed by atoms with Gasteiger partial charge < -0.3 is 19.9 Å². The van der Waals surface area contributed by atoms with Gasteiger partial charge in [-0.3, -0.25) is 9.36 Å². The lowest BCUT2D eigenvalue weighted by Crippen LogP contribution is -2.23. The Bertz CT molecular complexity index is 914. The van der Waals surface area contributed by atoms with Crippen molar-refractivity contribution in [3.05, 3.63) is 28.6 Å². The van der Waals surface area contributed by atoms with Gasteiger partial charge in [-0.05, 0) is 0 Å². The molecule has 0 aliphatic carbocycles. The quantitative estimate of drug-likeness (QED) is 0.604. The van der Waals surface area contributed by atoms with Crippen molar-refractivity contribution in [3.63, 3.8) is 0 Å². The summed E-state index contributed by atoms with van der Waals surface area (Å²) in [5.74, 6) is 0.431. The molecule has 24 heavy (non-hydrogen) atoms. The average molecular weight is 335 g/mol. The minimum absolute atomic E-state index is 0.0255. The second-order valence-electron chi connectivity index (χ2n) is 6.70. The number of imidazole rings is 2. The molecule has 0 spiro atoms. The standard InChI is InChI=1S/C15H21N5O4/c1-15(2,3)10-4-20-13(23)11-12(18-14(20)17-10)19(7-16-11)8-24-9(5-21)6-22/h4,7,9,21-22H,5-6,8H2,1-3H3,(H,17,18). The molecule has 0 radical (unpaired) electrons. The average Bonchev–Trinajstić information content (AvgIpc) is 3.13. The number of aromatic nitrogens is 5. The van der Waals surface area contributed by atoms with Crippen LogP contribution in [-0.2, 0) is 16.9 Å². The van der Waals surface area contributed by atoms with E-state index in [0.717, 1.165) is 5.69 Å². The highest BCUT2D eigenvalue weighted by Crippen LogP contribution is 2.21. The molecule has 0 aliphatic rings. The van der Waals surface area contributed by atoms with Crippen molar-refractivity contribution >= 4 is 16.9 Å². The van der Waals surface area contributed by atoms with Gasteiger partial charge in [-0.1, -0.05) is 20.8 Å². The maximum Gasteiger partial charge on any atom is 0.287 e. The normalized spacial score (nSPS) is 12.8. The molecule has 0 unspecified atom stereocenters. The Morgan fingerprint density at radius 2 is 2.04 bits per heavy atom. The van der Waals surface area contributed by atoms with Gasteiger partial charge in [-0.2, -0.15) is 4.98 Å². The number of aliphatic hydroxyl groups is 2. The number of rotatable bonds is 5. The summed E-state index contributed by atoms with van der Waals surface area (Å²) in [5.41, 5.74) is 1.10. The molecule has 0 saturated carbocycles. The Kier molecular flexibility index (Phi) is 4.16. The molecule has 0 amide bonds. The molecule has 0 aromatic carbocycles. The molecule has 9 heteroatoms. The van der Waals surface area contributed by atoms with Crippen LogP contribution in [0.15, 0.2) is 17.3 Å². The summed E-state index contributed by atoms with van der Waals surface area (Å²) in [5, 5.41) is 18.1. The Balaban J connectivity index is 2.05. The van der Waals surface area contributed by atoms with Crippen molar-refractivity contribution in [2.45, 2.75) is 39.0 Å². The Labute approximate surface area is 137 Å². The van der Waals surface area contributed by atoms with E-state index in [-0.39, 0.29) is 36.4 Å². The monoisotopic (exact) mass is 335 g/mol. The van der Waals surface area contributed by atoms with Crippen LogP contribution in [0.1, 0.15) is 26.5 Å². The van der Waals surface area contributed by atoms with Crippen LogP contribution in [0.3, 0.4) is 0 Å². The van der Waals surface area contributed by atoms with Gasteiger partial charge in [-0.25, -0.2) is 9.38 Å². The van der Waals surface area contributed by atoms with Crippen LogP contribution in [0.2, 0.25) is 0 Å². The van der Waals surface area contributed by atoms with Crippen molar-refractivity contribution < 1.29 is 14.9 Å². The van der Waals surface area contributed by atoms with Crippen LogP contribution in [-0.4, -0.2) is 53.5 Å². The first-order valence-corrected chi connectivity index (χ1v) is 7.65. The van der Waals surface area contributed by atoms with Crippen LogP contribution < -0.4 is 5.56 Å². The lowest BCUT2D eigenvalue weighted by Gasteiger charge is -2.14. The molecule has 130 valence electrons. The number of fused-ring (bicyclic) bond motifs is 2. The lowest BCUT2D eigenvalue weighted by molar-refractivity contribution is -0.0488. The highest BCUT2D eigenvalue weighted by Gasteiger charge is 2.20. The molecular weight excluding hydrogens is 314 g/mol. The number of hydrogen-bond donors (Lipinski definition) is 3. The fourth-order valence-electron chi connectivity index (χ4n) is 2.32. The van der Waals surface area contributed by atoms with Gasteiger partial charge in [0.25, 0.3) is 5.56 Å². The van der Waals surface area contributed by atoms with Gasteiger partial charge in [0.1, 0.15) is 12.8 Å². The highest BCUT2D eigenvalue weighted by atomic mass is 16.5. The minimum atomic E-state index is -0.690. The van der Waals surface area contributed by atoms with Crippen molar-refractivity contribution in [1.82, 2.24) is 23.9 Å². The maximum atomic E-state index is 12.6. The number of ether oxygens (including phenoxy) is 1. The number of aliphatic hydroxyl groups excluding tert-OH is 2. The Morgan fingerprint density at radius 1 is 1.33 bits per heavy atom. The summed E-state index contributed by atoms with van der Waals surface area (Å²) in [6, 6.07) is 0. The maximum absolute atomic E-state index is 12.6. The lowest BCUT2D eigenvalue weighted by atomic mass is 9.93. The third-order valence-corrected chi connectivity index (χ3v) is 3.84. The molecule has 3 N–H and O–H groups in total. The molecule has 0 aliphatic heterocycles. The molecule has 3 aromatic rings. The number of hydrogen-bond acceptors (Lipinski definition) is 6. The summed E-state index contributed by atoms with van der Waals surface area (Å²) < 4.78 is 8.38. The van der Waals surface area contributed by atoms with E-state index in [1.54, 1.807) is 10.8 Å². The van der Waals surface area contributed by atoms with Crippen LogP contribution in [0, 0.1) is 0 Å². The first-order chi connectivity index (χ1) is 11.3. The van der Waals surface area contributed by atoms with Crippen molar-refractivity contribution in [2.75, 3.05) is 13.2 Å². The Hall–Kier alpha value is -2.23. The van der Waals surface area contributed by atoms with E-state index in [9.17, 15) is 4.79 Å². The Morgan fingerprint density at radius 3 is 2.67 bits per heavy atom. The fraction of sp³-hybridized carbons (Fsp3) is 0.533. The van der Waals surface area contributed by atoms with Crippen LogP contribution in [0.4, 0.5) is 0 Å². The molecule has 0 bridgehead atoms. The molecule has 0 saturated heterocycles. The first kappa shape index (κ1) is 16.6. The van der Waals surface area contributed by atoms with Gasteiger partial charge in [0.15, 0.2) is 11.2 Å². The molecule has 3 heterocycles. The zero-order valence-corrected chi connectivity index (χ0v) is 13.9. The molecule has 9 nitrogen and oxygen atoms in total. The third kappa shape index (κ3) is 2.81. The van der Waals surface area contributed by atoms with E-state index in [0.29, 0.717) is 11.4 Å². The van der Waals surface area contributed by atoms with Crippen LogP contribution in [0.5, 0.6) is 0 Å². The smallest absolute Gasteiger partial charge is 0.287 e. The molecular formula is C15H21N5O4. The van der Waals surface area contributed by atoms with Crippen LogP contribution in [0.25, 0.3) is 16.9 Å². The summed E-state index contributed by atoms with van der Waals surface area (Å²) >= 11 is 0. The fourth-order valence-corrected chi connectivity index (χ4v) is 2.32. The molecule has 0 fully saturated rings. The van der Waals surface area contributed by atoms with Gasteiger partial charge in [0.2, 0.25) is 5.78 Å². The summed E-state index contributed by atoms with van der Waals surface area (Å²) in [6.07, 6.45) is 2.51. The van der Waals surface area contributed by atoms with E-state index < -0.39 is 6.10 Å². The minimum Gasteiger partial charge on any atom is -0.394 e. The van der Waals surface area contributed by atoms with Crippen molar-refractivity contribution in [2.24, 2.45) is 0 Å². The van der Waals surface area contributed by atoms with Crippen LogP contribution >= 0.6 is 0 Å². The van der Waals surface area contributed by atoms with E-state index in [1.807, 2.05) is 20.8 Å².